The first-order chi connectivity index (χ1) is 12.4. The average molecular weight is 394 g/mol. The van der Waals surface area contributed by atoms with Gasteiger partial charge in [-0.2, -0.15) is 4.31 Å². The molecule has 0 spiro atoms. The molecule has 138 valence electrons. The standard InChI is InChI=1S/C19H20ClNO4S/c1-3-13-21(26(23,24)18-11-9-17(20)10-12-18)14-15-5-7-16(8-6-15)19(22)25-4-2/h3,5-12H,1,4,13-14H2,2H3. The van der Waals surface area contributed by atoms with E-state index in [0.717, 1.165) is 5.56 Å². The van der Waals surface area contributed by atoms with Crippen LogP contribution in [-0.4, -0.2) is 31.8 Å². The molecule has 2 aromatic carbocycles. The van der Waals surface area contributed by atoms with Gasteiger partial charge in [-0.25, -0.2) is 13.2 Å². The van der Waals surface area contributed by atoms with E-state index in [4.69, 9.17) is 16.3 Å². The van der Waals surface area contributed by atoms with Gasteiger partial charge in [0.1, 0.15) is 0 Å². The van der Waals surface area contributed by atoms with Crippen molar-refractivity contribution in [1.82, 2.24) is 4.31 Å². The summed E-state index contributed by atoms with van der Waals surface area (Å²) in [5, 5.41) is 0.466. The summed E-state index contributed by atoms with van der Waals surface area (Å²) in [6.07, 6.45) is 1.53. The molecule has 0 saturated carbocycles. The summed E-state index contributed by atoms with van der Waals surface area (Å²) >= 11 is 5.83. The van der Waals surface area contributed by atoms with Crippen LogP contribution in [0.3, 0.4) is 0 Å². The number of rotatable bonds is 8. The maximum Gasteiger partial charge on any atom is 0.338 e. The molecule has 0 N–H and O–H groups in total. The highest BCUT2D eigenvalue weighted by molar-refractivity contribution is 7.89. The van der Waals surface area contributed by atoms with Crippen LogP contribution in [0, 0.1) is 0 Å². The Morgan fingerprint density at radius 2 is 1.77 bits per heavy atom. The zero-order chi connectivity index (χ0) is 19.2. The van der Waals surface area contributed by atoms with E-state index in [1.807, 2.05) is 0 Å². The maximum absolute atomic E-state index is 12.9. The van der Waals surface area contributed by atoms with Gasteiger partial charge in [0.2, 0.25) is 10.0 Å². The van der Waals surface area contributed by atoms with Gasteiger partial charge in [-0.15, -0.1) is 6.58 Å². The van der Waals surface area contributed by atoms with Gasteiger partial charge >= 0.3 is 5.97 Å². The van der Waals surface area contributed by atoms with Gasteiger partial charge in [0.25, 0.3) is 0 Å². The quantitative estimate of drug-likeness (QED) is 0.504. The molecule has 2 rings (SSSR count). The molecule has 0 radical (unpaired) electrons. The number of hydrogen-bond acceptors (Lipinski definition) is 4. The molecule has 0 saturated heterocycles. The van der Waals surface area contributed by atoms with Crippen LogP contribution in [-0.2, 0) is 21.3 Å². The Balaban J connectivity index is 2.23. The van der Waals surface area contributed by atoms with Crippen molar-refractivity contribution >= 4 is 27.6 Å². The van der Waals surface area contributed by atoms with Crippen molar-refractivity contribution in [3.63, 3.8) is 0 Å². The summed E-state index contributed by atoms with van der Waals surface area (Å²) in [4.78, 5) is 11.9. The van der Waals surface area contributed by atoms with E-state index >= 15 is 0 Å². The second-order valence-electron chi connectivity index (χ2n) is 5.46. The highest BCUT2D eigenvalue weighted by Crippen LogP contribution is 2.21. The van der Waals surface area contributed by atoms with Gasteiger partial charge in [0.15, 0.2) is 0 Å². The largest absolute Gasteiger partial charge is 0.462 e. The first kappa shape index (κ1) is 20.2. The summed E-state index contributed by atoms with van der Waals surface area (Å²) in [5.74, 6) is -0.407. The number of sulfonamides is 1. The van der Waals surface area contributed by atoms with E-state index in [9.17, 15) is 13.2 Å². The summed E-state index contributed by atoms with van der Waals surface area (Å²) < 4.78 is 32.0. The van der Waals surface area contributed by atoms with Gasteiger partial charge in [0, 0.05) is 18.1 Å². The van der Waals surface area contributed by atoms with Gasteiger partial charge < -0.3 is 4.74 Å². The molecule has 5 nitrogen and oxygen atoms in total. The number of carbonyl (C=O) groups is 1. The van der Waals surface area contributed by atoms with Gasteiger partial charge in [0.05, 0.1) is 17.1 Å². The lowest BCUT2D eigenvalue weighted by Crippen LogP contribution is -2.30. The third-order valence-electron chi connectivity index (χ3n) is 3.61. The molecule has 0 aliphatic rings. The van der Waals surface area contributed by atoms with Crippen LogP contribution in [0.5, 0.6) is 0 Å². The number of halogens is 1. The molecule has 7 heteroatoms. The second-order valence-corrected chi connectivity index (χ2v) is 7.83. The van der Waals surface area contributed by atoms with Crippen molar-refractivity contribution in [2.75, 3.05) is 13.2 Å². The van der Waals surface area contributed by atoms with Crippen LogP contribution < -0.4 is 0 Å². The minimum absolute atomic E-state index is 0.153. The van der Waals surface area contributed by atoms with Gasteiger partial charge in [-0.3, -0.25) is 0 Å². The van der Waals surface area contributed by atoms with Crippen molar-refractivity contribution in [2.45, 2.75) is 18.4 Å². The summed E-state index contributed by atoms with van der Waals surface area (Å²) in [6, 6.07) is 12.7. The van der Waals surface area contributed by atoms with Crippen molar-refractivity contribution < 1.29 is 17.9 Å². The minimum atomic E-state index is -3.70. The third kappa shape index (κ3) is 4.94. The fraction of sp³-hybridized carbons (Fsp3) is 0.211. The highest BCUT2D eigenvalue weighted by atomic mass is 35.5. The van der Waals surface area contributed by atoms with Crippen molar-refractivity contribution in [3.8, 4) is 0 Å². The Morgan fingerprint density at radius 1 is 1.15 bits per heavy atom. The van der Waals surface area contributed by atoms with E-state index in [-0.39, 0.29) is 18.0 Å². The lowest BCUT2D eigenvalue weighted by molar-refractivity contribution is 0.0526. The molecule has 0 heterocycles. The average Bonchev–Trinajstić information content (AvgIpc) is 2.62. The van der Waals surface area contributed by atoms with Crippen molar-refractivity contribution in [3.05, 3.63) is 77.3 Å². The topological polar surface area (TPSA) is 63.7 Å². The third-order valence-corrected chi connectivity index (χ3v) is 5.69. The summed E-state index contributed by atoms with van der Waals surface area (Å²) in [6.45, 7) is 5.98. The number of ether oxygens (including phenoxy) is 1. The van der Waals surface area contributed by atoms with Crippen LogP contribution in [0.25, 0.3) is 0 Å². The fourth-order valence-electron chi connectivity index (χ4n) is 2.31. The second kappa shape index (κ2) is 8.98. The van der Waals surface area contributed by atoms with E-state index in [0.29, 0.717) is 17.2 Å². The van der Waals surface area contributed by atoms with E-state index in [2.05, 4.69) is 6.58 Å². The molecule has 0 bridgehead atoms. The smallest absolute Gasteiger partial charge is 0.338 e. The van der Waals surface area contributed by atoms with Crippen LogP contribution in [0.2, 0.25) is 5.02 Å². The molecule has 0 aromatic heterocycles. The molecule has 0 atom stereocenters. The molecule has 0 amide bonds. The highest BCUT2D eigenvalue weighted by Gasteiger charge is 2.23. The van der Waals surface area contributed by atoms with E-state index in [1.54, 1.807) is 31.2 Å². The number of carbonyl (C=O) groups excluding carboxylic acids is 1. The Hall–Kier alpha value is -2.15. The van der Waals surface area contributed by atoms with Crippen LogP contribution in [0.4, 0.5) is 0 Å². The van der Waals surface area contributed by atoms with Gasteiger partial charge in [-0.05, 0) is 48.9 Å². The Morgan fingerprint density at radius 3 is 2.31 bits per heavy atom. The predicted octanol–water partition coefficient (Wildman–Crippen LogP) is 3.89. The lowest BCUT2D eigenvalue weighted by atomic mass is 10.1. The minimum Gasteiger partial charge on any atom is -0.462 e. The van der Waals surface area contributed by atoms with Crippen LogP contribution in [0.1, 0.15) is 22.8 Å². The van der Waals surface area contributed by atoms with E-state index < -0.39 is 16.0 Å². The molecule has 0 unspecified atom stereocenters. The Bertz CT molecular complexity index is 861. The molecule has 0 fully saturated rings. The fourth-order valence-corrected chi connectivity index (χ4v) is 3.84. The van der Waals surface area contributed by atoms with Gasteiger partial charge in [-0.1, -0.05) is 29.8 Å². The Kier molecular flexibility index (Phi) is 6.97. The first-order valence-corrected chi connectivity index (χ1v) is 9.83. The molecule has 0 aliphatic heterocycles. The van der Waals surface area contributed by atoms with Crippen molar-refractivity contribution in [2.24, 2.45) is 0 Å². The maximum atomic E-state index is 12.9. The lowest BCUT2D eigenvalue weighted by Gasteiger charge is -2.21. The molecule has 0 aliphatic carbocycles. The molecular formula is C19H20ClNO4S. The van der Waals surface area contributed by atoms with Crippen molar-refractivity contribution in [1.29, 1.82) is 0 Å². The number of nitrogens with zero attached hydrogens (tertiary/aromatic N) is 1. The molecule has 2 aromatic rings. The summed E-state index contributed by atoms with van der Waals surface area (Å²) in [5.41, 5.74) is 1.17. The zero-order valence-corrected chi connectivity index (χ0v) is 16.0. The number of esters is 1. The van der Waals surface area contributed by atoms with E-state index in [1.165, 1.54) is 34.6 Å². The number of hydrogen-bond donors (Lipinski definition) is 0. The molecule has 26 heavy (non-hydrogen) atoms. The van der Waals surface area contributed by atoms with Crippen LogP contribution in [0.15, 0.2) is 66.1 Å². The molecular weight excluding hydrogens is 374 g/mol. The van der Waals surface area contributed by atoms with Crippen LogP contribution >= 0.6 is 11.6 Å². The predicted molar refractivity (Wildman–Crippen MR) is 102 cm³/mol. The summed E-state index contributed by atoms with van der Waals surface area (Å²) in [7, 11) is -3.70. The monoisotopic (exact) mass is 393 g/mol. The first-order valence-electron chi connectivity index (χ1n) is 8.01. The Labute approximate surface area is 158 Å². The number of benzene rings is 2. The normalized spacial score (nSPS) is 11.3. The SMILES string of the molecule is C=CCN(Cc1ccc(C(=O)OCC)cc1)S(=O)(=O)c1ccc(Cl)cc1. The zero-order valence-electron chi connectivity index (χ0n) is 14.4.